The van der Waals surface area contributed by atoms with E-state index in [1.807, 2.05) is 0 Å². The smallest absolute Gasteiger partial charge is 0.314 e. The highest BCUT2D eigenvalue weighted by molar-refractivity contribution is 6.53. The molecule has 1 aromatic heterocycles. The Kier molecular flexibility index (Phi) is 9.52. The number of Topliss-reactive ketones (excluding diaryl/α,β-unsaturated/α-hetero) is 2. The summed E-state index contributed by atoms with van der Waals surface area (Å²) in [6.45, 7) is 4.26. The number of hydrogen-bond donors (Lipinski definition) is 1. The highest BCUT2D eigenvalue weighted by atomic mass is 35.5. The van der Waals surface area contributed by atoms with Crippen LogP contribution in [0.2, 0.25) is 0 Å². The van der Waals surface area contributed by atoms with Crippen molar-refractivity contribution in [1.82, 2.24) is 4.98 Å². The monoisotopic (exact) mass is 497 g/mol. The van der Waals surface area contributed by atoms with Gasteiger partial charge < -0.3 is 9.84 Å². The fourth-order valence-electron chi connectivity index (χ4n) is 3.07. The number of halogens is 3. The minimum atomic E-state index is -1.26. The quantitative estimate of drug-likeness (QED) is 0.213. The summed E-state index contributed by atoms with van der Waals surface area (Å²) >= 11 is 11.0. The van der Waals surface area contributed by atoms with Crippen molar-refractivity contribution in [3.63, 3.8) is 0 Å². The van der Waals surface area contributed by atoms with Crippen molar-refractivity contribution in [2.24, 2.45) is 5.92 Å². The molecule has 0 aliphatic heterocycles. The molecular weight excluding hydrogens is 472 g/mol. The molecule has 0 fully saturated rings. The molecule has 178 valence electrons. The molecule has 9 heteroatoms. The average molecular weight is 498 g/mol. The molecule has 0 radical (unpaired) electrons. The number of aliphatic hydroxyl groups excluding tert-OH is 1. The molecule has 1 N–H and O–H groups in total. The van der Waals surface area contributed by atoms with Crippen LogP contribution in [0.15, 0.2) is 42.6 Å². The first-order valence-corrected chi connectivity index (χ1v) is 11.1. The maximum absolute atomic E-state index is 13.4. The van der Waals surface area contributed by atoms with Crippen molar-refractivity contribution in [1.29, 1.82) is 0 Å². The lowest BCUT2D eigenvalue weighted by Crippen LogP contribution is -2.25. The summed E-state index contributed by atoms with van der Waals surface area (Å²) in [6, 6.07) is 9.86. The van der Waals surface area contributed by atoms with Crippen LogP contribution in [0.1, 0.15) is 55.8 Å². The Morgan fingerprint density at radius 3 is 2.15 bits per heavy atom. The van der Waals surface area contributed by atoms with E-state index in [2.05, 4.69) is 4.98 Å². The van der Waals surface area contributed by atoms with E-state index in [1.165, 1.54) is 12.3 Å². The van der Waals surface area contributed by atoms with Crippen molar-refractivity contribution in [2.45, 2.75) is 50.2 Å². The standard InChI is InChI=1S/C24H26Cl2FNO5/c1-24(2,3)33-21(31)11-19(29)18-9-8-16(13-28-18)14-4-6-15(7-5-14)22(32)17(12-27)10-20(30)23(25)26/h4-9,13,17,22-23,32H,10-12H2,1-3H3/t17-,22-/m1/s1. The molecule has 1 aromatic carbocycles. The molecule has 1 heterocycles. The Balaban J connectivity index is 2.06. The van der Waals surface area contributed by atoms with Gasteiger partial charge in [0, 0.05) is 24.1 Å². The number of hydrogen-bond acceptors (Lipinski definition) is 6. The highest BCUT2D eigenvalue weighted by Gasteiger charge is 2.26. The summed E-state index contributed by atoms with van der Waals surface area (Å²) < 4.78 is 18.5. The maximum atomic E-state index is 13.4. The number of carbonyl (C=O) groups excluding carboxylic acids is 3. The molecule has 2 aromatic rings. The zero-order chi connectivity index (χ0) is 24.8. The highest BCUT2D eigenvalue weighted by Crippen LogP contribution is 2.29. The average Bonchev–Trinajstić information content (AvgIpc) is 2.75. The van der Waals surface area contributed by atoms with Gasteiger partial charge in [0.15, 0.2) is 16.4 Å². The van der Waals surface area contributed by atoms with Crippen LogP contribution >= 0.6 is 23.2 Å². The molecule has 0 saturated carbocycles. The molecule has 6 nitrogen and oxygen atoms in total. The summed E-state index contributed by atoms with van der Waals surface area (Å²) in [5.74, 6) is -2.57. The number of aromatic nitrogens is 1. The summed E-state index contributed by atoms with van der Waals surface area (Å²) in [6.07, 6.45) is -0.383. The van der Waals surface area contributed by atoms with E-state index in [1.54, 1.807) is 51.1 Å². The number of alkyl halides is 3. The van der Waals surface area contributed by atoms with Crippen LogP contribution in [-0.4, -0.2) is 44.7 Å². The van der Waals surface area contributed by atoms with Crippen LogP contribution in [0.3, 0.4) is 0 Å². The Morgan fingerprint density at radius 1 is 1.06 bits per heavy atom. The first kappa shape index (κ1) is 26.9. The van der Waals surface area contributed by atoms with E-state index in [4.69, 9.17) is 27.9 Å². The van der Waals surface area contributed by atoms with Gasteiger partial charge in [-0.15, -0.1) is 0 Å². The van der Waals surface area contributed by atoms with E-state index in [9.17, 15) is 23.9 Å². The van der Waals surface area contributed by atoms with Gasteiger partial charge in [0.2, 0.25) is 0 Å². The van der Waals surface area contributed by atoms with Crippen LogP contribution in [0, 0.1) is 5.92 Å². The Labute approximate surface area is 202 Å². The number of carbonyl (C=O) groups is 3. The molecule has 0 bridgehead atoms. The van der Waals surface area contributed by atoms with E-state index in [0.29, 0.717) is 11.1 Å². The Morgan fingerprint density at radius 2 is 1.67 bits per heavy atom. The third-order valence-corrected chi connectivity index (χ3v) is 5.20. The molecule has 2 atom stereocenters. The van der Waals surface area contributed by atoms with Crippen molar-refractivity contribution in [3.8, 4) is 11.1 Å². The number of pyridine rings is 1. The van der Waals surface area contributed by atoms with Crippen molar-refractivity contribution < 1.29 is 28.6 Å². The molecule has 33 heavy (non-hydrogen) atoms. The molecule has 0 aliphatic carbocycles. The van der Waals surface area contributed by atoms with Gasteiger partial charge in [-0.3, -0.25) is 23.8 Å². The van der Waals surface area contributed by atoms with Gasteiger partial charge in [0.25, 0.3) is 0 Å². The third kappa shape index (κ3) is 8.18. The number of rotatable bonds is 10. The van der Waals surface area contributed by atoms with Gasteiger partial charge in [-0.25, -0.2) is 0 Å². The van der Waals surface area contributed by atoms with Crippen LogP contribution in [0.5, 0.6) is 0 Å². The van der Waals surface area contributed by atoms with Crippen LogP contribution in [0.25, 0.3) is 11.1 Å². The number of ketones is 2. The largest absolute Gasteiger partial charge is 0.460 e. The molecular formula is C24H26Cl2FNO5. The topological polar surface area (TPSA) is 93.6 Å². The number of benzene rings is 1. The van der Waals surface area contributed by atoms with Crippen LogP contribution in [0.4, 0.5) is 4.39 Å². The first-order valence-electron chi connectivity index (χ1n) is 10.3. The predicted molar refractivity (Wildman–Crippen MR) is 124 cm³/mol. The van der Waals surface area contributed by atoms with Gasteiger partial charge in [0.1, 0.15) is 17.7 Å². The summed E-state index contributed by atoms with van der Waals surface area (Å²) in [5.41, 5.74) is 1.36. The molecule has 0 spiro atoms. The van der Waals surface area contributed by atoms with E-state index >= 15 is 0 Å². The fourth-order valence-corrected chi connectivity index (χ4v) is 3.25. The fraction of sp³-hybridized carbons (Fsp3) is 0.417. The lowest BCUT2D eigenvalue weighted by atomic mass is 9.91. The second-order valence-electron chi connectivity index (χ2n) is 8.57. The minimum Gasteiger partial charge on any atom is -0.460 e. The lowest BCUT2D eigenvalue weighted by molar-refractivity contribution is -0.153. The molecule has 0 aliphatic rings. The van der Waals surface area contributed by atoms with Crippen LogP contribution in [-0.2, 0) is 14.3 Å². The van der Waals surface area contributed by atoms with Crippen molar-refractivity contribution >= 4 is 40.7 Å². The lowest BCUT2D eigenvalue weighted by Gasteiger charge is -2.20. The SMILES string of the molecule is CC(C)(C)OC(=O)CC(=O)c1ccc(-c2ccc([C@@H](O)[C@@H](CF)CC(=O)C(Cl)Cl)cc2)cn1. The van der Waals surface area contributed by atoms with Gasteiger partial charge in [0.05, 0.1) is 12.8 Å². The molecule has 2 rings (SSSR count). The zero-order valence-electron chi connectivity index (χ0n) is 18.6. The molecule has 0 saturated heterocycles. The van der Waals surface area contributed by atoms with E-state index in [0.717, 1.165) is 5.56 Å². The second-order valence-corrected chi connectivity index (χ2v) is 9.67. The van der Waals surface area contributed by atoms with Gasteiger partial charge in [-0.1, -0.05) is 53.5 Å². The normalized spacial score (nSPS) is 13.5. The van der Waals surface area contributed by atoms with Crippen LogP contribution < -0.4 is 0 Å². The number of nitrogens with zero attached hydrogens (tertiary/aromatic N) is 1. The van der Waals surface area contributed by atoms with Gasteiger partial charge >= 0.3 is 5.97 Å². The van der Waals surface area contributed by atoms with E-state index in [-0.39, 0.29) is 12.1 Å². The minimum absolute atomic E-state index is 0.143. The zero-order valence-corrected chi connectivity index (χ0v) is 20.1. The molecule has 0 amide bonds. The number of ether oxygens (including phenoxy) is 1. The first-order chi connectivity index (χ1) is 15.4. The van der Waals surface area contributed by atoms with Gasteiger partial charge in [-0.2, -0.15) is 0 Å². The van der Waals surface area contributed by atoms with E-state index < -0.39 is 53.1 Å². The van der Waals surface area contributed by atoms with Crippen molar-refractivity contribution in [2.75, 3.05) is 6.67 Å². The second kappa shape index (κ2) is 11.7. The third-order valence-electron chi connectivity index (χ3n) is 4.71. The van der Waals surface area contributed by atoms with Crippen molar-refractivity contribution in [3.05, 3.63) is 53.9 Å². The summed E-state index contributed by atoms with van der Waals surface area (Å²) in [7, 11) is 0. The summed E-state index contributed by atoms with van der Waals surface area (Å²) in [4.78, 5) is 38.6. The molecule has 0 unspecified atom stereocenters. The predicted octanol–water partition coefficient (Wildman–Crippen LogP) is 5.05. The Hall–Kier alpha value is -2.35. The Bertz CT molecular complexity index is 972. The number of esters is 1. The summed E-state index contributed by atoms with van der Waals surface area (Å²) in [5, 5.41) is 10.4. The number of aliphatic hydroxyl groups is 1. The van der Waals surface area contributed by atoms with Gasteiger partial charge in [-0.05, 0) is 38.0 Å². The maximum Gasteiger partial charge on any atom is 0.314 e.